The van der Waals surface area contributed by atoms with Gasteiger partial charge in [0.15, 0.2) is 5.82 Å². The highest BCUT2D eigenvalue weighted by Crippen LogP contribution is 2.24. The Balaban J connectivity index is 1.55. The van der Waals surface area contributed by atoms with Crippen molar-refractivity contribution in [3.05, 3.63) is 47.1 Å². The van der Waals surface area contributed by atoms with Gasteiger partial charge < -0.3 is 14.7 Å². The van der Waals surface area contributed by atoms with Gasteiger partial charge in [-0.15, -0.1) is 0 Å². The lowest BCUT2D eigenvalue weighted by molar-refractivity contribution is -0.134. The monoisotopic (exact) mass is 370 g/mol. The molecule has 2 heterocycles. The third kappa shape index (κ3) is 5.16. The van der Waals surface area contributed by atoms with Crippen molar-refractivity contribution in [3.8, 4) is 0 Å². The van der Waals surface area contributed by atoms with Gasteiger partial charge in [-0.2, -0.15) is 4.98 Å². The number of nitrogens with zero attached hydrogens (tertiary/aromatic N) is 3. The van der Waals surface area contributed by atoms with Crippen LogP contribution in [0, 0.1) is 0 Å². The van der Waals surface area contributed by atoms with Crippen LogP contribution in [0.5, 0.6) is 0 Å². The molecule has 0 bridgehead atoms. The highest BCUT2D eigenvalue weighted by molar-refractivity contribution is 5.77. The van der Waals surface area contributed by atoms with Crippen molar-refractivity contribution in [3.63, 3.8) is 0 Å². The maximum absolute atomic E-state index is 12.8. The van der Waals surface area contributed by atoms with E-state index in [1.165, 1.54) is 11.1 Å². The topological polar surface area (TPSA) is 71.3 Å². The molecule has 6 heteroatoms. The van der Waals surface area contributed by atoms with E-state index in [2.05, 4.69) is 53.6 Å². The third-order valence-electron chi connectivity index (χ3n) is 5.10. The van der Waals surface area contributed by atoms with Crippen LogP contribution in [0.4, 0.5) is 0 Å². The fraction of sp³-hybridized carbons (Fsp3) is 0.571. The molecule has 1 amide bonds. The molecular weight excluding hydrogens is 340 g/mol. The number of carbonyl (C=O) groups excluding carboxylic acids is 1. The van der Waals surface area contributed by atoms with Crippen LogP contribution in [0.15, 0.2) is 28.8 Å². The third-order valence-corrected chi connectivity index (χ3v) is 5.10. The quantitative estimate of drug-likeness (QED) is 0.773. The zero-order valence-electron chi connectivity index (χ0n) is 16.4. The van der Waals surface area contributed by atoms with Gasteiger partial charge in [-0.1, -0.05) is 43.3 Å². The molecule has 1 fully saturated rings. The highest BCUT2D eigenvalue weighted by atomic mass is 16.5. The zero-order valence-corrected chi connectivity index (χ0v) is 16.4. The van der Waals surface area contributed by atoms with E-state index in [0.717, 1.165) is 51.1 Å². The molecule has 27 heavy (non-hydrogen) atoms. The van der Waals surface area contributed by atoms with E-state index < -0.39 is 0 Å². The van der Waals surface area contributed by atoms with E-state index >= 15 is 0 Å². The maximum atomic E-state index is 12.8. The van der Waals surface area contributed by atoms with Gasteiger partial charge in [-0.25, -0.2) is 0 Å². The van der Waals surface area contributed by atoms with E-state index in [0.29, 0.717) is 18.7 Å². The second kappa shape index (κ2) is 9.65. The van der Waals surface area contributed by atoms with Crippen molar-refractivity contribution < 1.29 is 9.32 Å². The van der Waals surface area contributed by atoms with Gasteiger partial charge in [0.2, 0.25) is 11.8 Å². The number of rotatable bonds is 8. The van der Waals surface area contributed by atoms with Crippen LogP contribution in [0.1, 0.15) is 62.0 Å². The number of carbonyl (C=O) groups is 1. The number of nitrogens with one attached hydrogen (secondary N) is 1. The summed E-state index contributed by atoms with van der Waals surface area (Å²) in [6.07, 6.45) is 4.77. The van der Waals surface area contributed by atoms with E-state index in [9.17, 15) is 4.79 Å². The molecule has 1 aliphatic heterocycles. The predicted molar refractivity (Wildman–Crippen MR) is 104 cm³/mol. The van der Waals surface area contributed by atoms with Crippen LogP contribution < -0.4 is 5.32 Å². The molecule has 1 aromatic heterocycles. The molecule has 0 aliphatic carbocycles. The molecule has 2 aromatic rings. The fourth-order valence-corrected chi connectivity index (χ4v) is 3.53. The van der Waals surface area contributed by atoms with Crippen molar-refractivity contribution in [2.75, 3.05) is 19.6 Å². The summed E-state index contributed by atoms with van der Waals surface area (Å²) in [5.41, 5.74) is 2.52. The number of piperazine rings is 1. The van der Waals surface area contributed by atoms with E-state index in [4.69, 9.17) is 4.52 Å². The predicted octanol–water partition coefficient (Wildman–Crippen LogP) is 3.08. The maximum Gasteiger partial charge on any atom is 0.226 e. The van der Waals surface area contributed by atoms with Gasteiger partial charge in [-0.3, -0.25) is 4.79 Å². The van der Waals surface area contributed by atoms with E-state index in [1.807, 2.05) is 4.90 Å². The lowest BCUT2D eigenvalue weighted by atomic mass is 10.0. The van der Waals surface area contributed by atoms with Crippen LogP contribution in [0.25, 0.3) is 0 Å². The SMILES string of the molecule is CCCc1noc(CCCC(=O)N2CCNCC2c2ccc(CC)cc2)n1. The Morgan fingerprint density at radius 2 is 2.07 bits per heavy atom. The lowest BCUT2D eigenvalue weighted by Gasteiger charge is -2.36. The summed E-state index contributed by atoms with van der Waals surface area (Å²) in [7, 11) is 0. The van der Waals surface area contributed by atoms with Gasteiger partial charge in [0.05, 0.1) is 6.04 Å². The Bertz CT molecular complexity index is 726. The van der Waals surface area contributed by atoms with Gasteiger partial charge >= 0.3 is 0 Å². The molecular formula is C21H30N4O2. The zero-order chi connectivity index (χ0) is 19.1. The smallest absolute Gasteiger partial charge is 0.226 e. The van der Waals surface area contributed by atoms with Gasteiger partial charge in [0.1, 0.15) is 0 Å². The molecule has 1 saturated heterocycles. The van der Waals surface area contributed by atoms with Crippen LogP contribution in [-0.2, 0) is 24.1 Å². The first-order valence-electron chi connectivity index (χ1n) is 10.1. The average Bonchev–Trinajstić information content (AvgIpc) is 3.15. The van der Waals surface area contributed by atoms with Crippen molar-refractivity contribution in [1.82, 2.24) is 20.4 Å². The van der Waals surface area contributed by atoms with Gasteiger partial charge in [-0.05, 0) is 30.4 Å². The Kier molecular flexibility index (Phi) is 6.98. The Hall–Kier alpha value is -2.21. The molecule has 0 spiro atoms. The van der Waals surface area contributed by atoms with E-state index in [-0.39, 0.29) is 11.9 Å². The fourth-order valence-electron chi connectivity index (χ4n) is 3.53. The largest absolute Gasteiger partial charge is 0.339 e. The standard InChI is InChI=1S/C21H30N4O2/c1-3-6-19-23-20(27-24-19)7-5-8-21(26)25-14-13-22-15-18(25)17-11-9-16(4-2)10-12-17/h9-12,18,22H,3-8,13-15H2,1-2H3. The second-order valence-electron chi connectivity index (χ2n) is 7.11. The molecule has 1 aromatic carbocycles. The van der Waals surface area contributed by atoms with E-state index in [1.54, 1.807) is 0 Å². The summed E-state index contributed by atoms with van der Waals surface area (Å²) < 4.78 is 5.26. The molecule has 0 radical (unpaired) electrons. The molecule has 146 valence electrons. The van der Waals surface area contributed by atoms with Gasteiger partial charge in [0.25, 0.3) is 0 Å². The van der Waals surface area contributed by atoms with Crippen molar-refractivity contribution in [2.45, 2.75) is 58.4 Å². The van der Waals surface area contributed by atoms with Crippen LogP contribution in [0.3, 0.4) is 0 Å². The number of aryl methyl sites for hydroxylation is 3. The number of amides is 1. The summed E-state index contributed by atoms with van der Waals surface area (Å²) in [6.45, 7) is 6.65. The molecule has 1 aliphatic rings. The number of benzene rings is 1. The number of hydrogen-bond acceptors (Lipinski definition) is 5. The minimum atomic E-state index is 0.108. The van der Waals surface area contributed by atoms with Crippen molar-refractivity contribution >= 4 is 5.91 Å². The summed E-state index contributed by atoms with van der Waals surface area (Å²) in [5, 5.41) is 7.39. The molecule has 1 unspecified atom stereocenters. The Labute approximate surface area is 161 Å². The second-order valence-corrected chi connectivity index (χ2v) is 7.11. The molecule has 1 N–H and O–H groups in total. The van der Waals surface area contributed by atoms with Crippen LogP contribution >= 0.6 is 0 Å². The lowest BCUT2D eigenvalue weighted by Crippen LogP contribution is -2.48. The number of hydrogen-bond donors (Lipinski definition) is 1. The first kappa shape index (κ1) is 19.5. The summed E-state index contributed by atoms with van der Waals surface area (Å²) in [6, 6.07) is 8.75. The first-order chi connectivity index (χ1) is 13.2. The molecule has 6 nitrogen and oxygen atoms in total. The molecule has 1 atom stereocenters. The average molecular weight is 370 g/mol. The van der Waals surface area contributed by atoms with Gasteiger partial charge in [0, 0.05) is 38.9 Å². The van der Waals surface area contributed by atoms with Crippen LogP contribution in [-0.4, -0.2) is 40.6 Å². The number of aromatic nitrogens is 2. The summed E-state index contributed by atoms with van der Waals surface area (Å²) >= 11 is 0. The molecule has 3 rings (SSSR count). The Morgan fingerprint density at radius 3 is 2.81 bits per heavy atom. The first-order valence-corrected chi connectivity index (χ1v) is 10.1. The highest BCUT2D eigenvalue weighted by Gasteiger charge is 2.27. The van der Waals surface area contributed by atoms with Crippen molar-refractivity contribution in [1.29, 1.82) is 0 Å². The Morgan fingerprint density at radius 1 is 1.26 bits per heavy atom. The normalized spacial score (nSPS) is 17.3. The summed E-state index contributed by atoms with van der Waals surface area (Å²) in [5.74, 6) is 1.60. The minimum absolute atomic E-state index is 0.108. The van der Waals surface area contributed by atoms with Crippen LogP contribution in [0.2, 0.25) is 0 Å². The summed E-state index contributed by atoms with van der Waals surface area (Å²) in [4.78, 5) is 19.2. The molecule has 0 saturated carbocycles. The minimum Gasteiger partial charge on any atom is -0.339 e. The van der Waals surface area contributed by atoms with Crippen molar-refractivity contribution in [2.24, 2.45) is 0 Å².